The Labute approximate surface area is 168 Å². The smallest absolute Gasteiger partial charge is 0.339 e. The molecule has 0 aliphatic carbocycles. The van der Waals surface area contributed by atoms with E-state index in [2.05, 4.69) is 5.32 Å². The van der Waals surface area contributed by atoms with Crippen LogP contribution in [0.4, 0.5) is 5.69 Å². The molecule has 0 bridgehead atoms. The number of thioether (sulfide) groups is 1. The molecule has 3 N–H and O–H groups in total. The third kappa shape index (κ3) is 3.92. The van der Waals surface area contributed by atoms with Gasteiger partial charge in [-0.3, -0.25) is 14.5 Å². The number of amides is 2. The number of carboxylic acids is 1. The molecule has 0 radical (unpaired) electrons. The van der Waals surface area contributed by atoms with Gasteiger partial charge in [0.2, 0.25) is 5.91 Å². The number of hydrogen-bond acceptors (Lipinski definition) is 7. The maximum atomic E-state index is 12.6. The van der Waals surface area contributed by atoms with Crippen molar-refractivity contribution in [3.63, 3.8) is 0 Å². The highest BCUT2D eigenvalue weighted by atomic mass is 32.2. The average molecular weight is 418 g/mol. The largest absolute Gasteiger partial charge is 0.507 e. The van der Waals surface area contributed by atoms with Crippen molar-refractivity contribution in [2.45, 2.75) is 13.0 Å². The van der Waals surface area contributed by atoms with Gasteiger partial charge in [-0.05, 0) is 37.3 Å². The first-order valence-corrected chi connectivity index (χ1v) is 9.18. The summed E-state index contributed by atoms with van der Waals surface area (Å²) >= 11 is 6.29. The van der Waals surface area contributed by atoms with Gasteiger partial charge < -0.3 is 19.9 Å². The fraction of sp³-hybridized carbons (Fsp3) is 0.111. The van der Waals surface area contributed by atoms with Crippen LogP contribution in [0.5, 0.6) is 5.75 Å². The zero-order chi connectivity index (χ0) is 20.4. The van der Waals surface area contributed by atoms with E-state index in [1.807, 2.05) is 0 Å². The number of benzene rings is 1. The van der Waals surface area contributed by atoms with Gasteiger partial charge in [-0.2, -0.15) is 0 Å². The zero-order valence-electron chi connectivity index (χ0n) is 14.4. The number of thiocarbonyl (C=S) groups is 1. The fourth-order valence-electron chi connectivity index (χ4n) is 2.47. The van der Waals surface area contributed by atoms with Crippen LogP contribution < -0.4 is 5.32 Å². The van der Waals surface area contributed by atoms with Crippen molar-refractivity contribution in [2.75, 3.05) is 5.32 Å². The monoisotopic (exact) mass is 418 g/mol. The van der Waals surface area contributed by atoms with Gasteiger partial charge in [-0.25, -0.2) is 4.79 Å². The van der Waals surface area contributed by atoms with Crippen molar-refractivity contribution < 1.29 is 29.0 Å². The molecular formula is C18H14N2O6S2. The number of carbonyl (C=O) groups excluding carboxylic acids is 2. The second kappa shape index (κ2) is 7.87. The highest BCUT2D eigenvalue weighted by Crippen LogP contribution is 2.34. The Hall–Kier alpha value is -3.11. The lowest BCUT2D eigenvalue weighted by Crippen LogP contribution is -2.44. The summed E-state index contributed by atoms with van der Waals surface area (Å²) in [7, 11) is 0. The summed E-state index contributed by atoms with van der Waals surface area (Å²) in [4.78, 5) is 37.8. The van der Waals surface area contributed by atoms with Crippen molar-refractivity contribution in [3.05, 3.63) is 52.8 Å². The molecule has 0 saturated carbocycles. The molecule has 2 amide bonds. The minimum atomic E-state index is -1.33. The summed E-state index contributed by atoms with van der Waals surface area (Å²) in [6, 6.07) is 6.09. The lowest BCUT2D eigenvalue weighted by atomic mass is 10.1. The molecule has 0 spiro atoms. The summed E-state index contributed by atoms with van der Waals surface area (Å²) in [5, 5.41) is 21.1. The summed E-state index contributed by atoms with van der Waals surface area (Å²) in [5.41, 5.74) is -0.180. The van der Waals surface area contributed by atoms with Crippen molar-refractivity contribution in [1.82, 2.24) is 4.90 Å². The molecule has 10 heteroatoms. The molecule has 28 heavy (non-hydrogen) atoms. The van der Waals surface area contributed by atoms with Gasteiger partial charge in [-0.1, -0.05) is 24.0 Å². The predicted molar refractivity (Wildman–Crippen MR) is 107 cm³/mol. The van der Waals surface area contributed by atoms with Crippen LogP contribution in [0.1, 0.15) is 23.0 Å². The first-order chi connectivity index (χ1) is 13.3. The van der Waals surface area contributed by atoms with Crippen molar-refractivity contribution in [3.8, 4) is 5.75 Å². The van der Waals surface area contributed by atoms with E-state index in [-0.39, 0.29) is 15.6 Å². The first kappa shape index (κ1) is 19.6. The van der Waals surface area contributed by atoms with E-state index in [1.165, 1.54) is 24.2 Å². The van der Waals surface area contributed by atoms with Gasteiger partial charge in [0, 0.05) is 11.8 Å². The molecule has 1 fully saturated rings. The lowest BCUT2D eigenvalue weighted by molar-refractivity contribution is -0.129. The summed E-state index contributed by atoms with van der Waals surface area (Å²) in [6.07, 6.45) is 3.02. The zero-order valence-corrected chi connectivity index (χ0v) is 16.0. The van der Waals surface area contributed by atoms with E-state index >= 15 is 0 Å². The van der Waals surface area contributed by atoms with E-state index in [1.54, 1.807) is 18.2 Å². The topological polar surface area (TPSA) is 120 Å². The average Bonchev–Trinajstić information content (AvgIpc) is 3.24. The molecule has 1 aliphatic rings. The second-order valence-corrected chi connectivity index (χ2v) is 7.45. The van der Waals surface area contributed by atoms with Gasteiger partial charge in [0.05, 0.1) is 11.2 Å². The number of nitrogens with zero attached hydrogens (tertiary/aromatic N) is 1. The Balaban J connectivity index is 1.76. The second-order valence-electron chi connectivity index (χ2n) is 5.77. The molecule has 2 aromatic rings. The van der Waals surface area contributed by atoms with Gasteiger partial charge in [0.1, 0.15) is 27.4 Å². The maximum absolute atomic E-state index is 12.6. The summed E-state index contributed by atoms with van der Waals surface area (Å²) in [5.74, 6) is -2.24. The summed E-state index contributed by atoms with van der Waals surface area (Å²) in [6.45, 7) is 1.51. The molecule has 144 valence electrons. The van der Waals surface area contributed by atoms with Crippen LogP contribution in [-0.4, -0.2) is 43.3 Å². The third-order valence-corrected chi connectivity index (χ3v) is 5.23. The van der Waals surface area contributed by atoms with E-state index < -0.39 is 29.6 Å². The molecule has 3 rings (SSSR count). The normalized spacial score (nSPS) is 16.5. The highest BCUT2D eigenvalue weighted by Gasteiger charge is 2.38. The van der Waals surface area contributed by atoms with E-state index in [4.69, 9.17) is 21.7 Å². The third-order valence-electron chi connectivity index (χ3n) is 3.90. The Morgan fingerprint density at radius 3 is 2.75 bits per heavy atom. The van der Waals surface area contributed by atoms with E-state index in [9.17, 15) is 19.5 Å². The Morgan fingerprint density at radius 2 is 2.11 bits per heavy atom. The van der Waals surface area contributed by atoms with Crippen LogP contribution in [0, 0.1) is 0 Å². The molecule has 1 aliphatic heterocycles. The molecule has 8 nitrogen and oxygen atoms in total. The Kier molecular flexibility index (Phi) is 5.52. The van der Waals surface area contributed by atoms with Crippen LogP contribution >= 0.6 is 24.0 Å². The van der Waals surface area contributed by atoms with Crippen LogP contribution in [0.25, 0.3) is 6.08 Å². The molecule has 1 saturated heterocycles. The highest BCUT2D eigenvalue weighted by molar-refractivity contribution is 8.26. The molecule has 1 atom stereocenters. The first-order valence-electron chi connectivity index (χ1n) is 7.95. The van der Waals surface area contributed by atoms with Crippen LogP contribution in [0.15, 0.2) is 45.9 Å². The lowest BCUT2D eigenvalue weighted by Gasteiger charge is -2.22. The van der Waals surface area contributed by atoms with Crippen LogP contribution in [0.3, 0.4) is 0 Å². The number of nitrogens with one attached hydrogen (secondary N) is 1. The number of carbonyl (C=O) groups is 3. The van der Waals surface area contributed by atoms with Crippen molar-refractivity contribution >= 4 is 57.8 Å². The number of rotatable bonds is 5. The number of hydrogen-bond donors (Lipinski definition) is 3. The number of anilines is 1. The Bertz CT molecular complexity index is 1000. The van der Waals surface area contributed by atoms with Gasteiger partial charge in [-0.15, -0.1) is 0 Å². The standard InChI is InChI=1S/C18H14N2O6S2/c1-9(15(22)19-10-4-5-13(21)12(7-10)17(24)25)20-16(23)14(28-18(20)27)8-11-3-2-6-26-11/h2-9,21H,1H3,(H,19,22)(H,24,25)/b14-8+/t9-/m1/s1. The number of furan rings is 1. The van der Waals surface area contributed by atoms with Crippen LogP contribution in [-0.2, 0) is 9.59 Å². The number of carboxylic acid groups (broad SMARTS) is 1. The summed E-state index contributed by atoms with van der Waals surface area (Å²) < 4.78 is 5.41. The SMILES string of the molecule is C[C@H](C(=O)Nc1ccc(O)c(C(=O)O)c1)N1C(=O)/C(=C\c2ccco2)SC1=S. The van der Waals surface area contributed by atoms with E-state index in [0.29, 0.717) is 10.7 Å². The minimum Gasteiger partial charge on any atom is -0.507 e. The van der Waals surface area contributed by atoms with Crippen LogP contribution in [0.2, 0.25) is 0 Å². The van der Waals surface area contributed by atoms with Crippen molar-refractivity contribution in [2.24, 2.45) is 0 Å². The predicted octanol–water partition coefficient (Wildman–Crippen LogP) is 2.91. The molecule has 0 unspecified atom stereocenters. The molecule has 1 aromatic carbocycles. The fourth-order valence-corrected chi connectivity index (χ4v) is 3.86. The minimum absolute atomic E-state index is 0.170. The van der Waals surface area contributed by atoms with E-state index in [0.717, 1.165) is 23.9 Å². The number of aromatic carboxylic acids is 1. The molecular weight excluding hydrogens is 404 g/mol. The molecule has 2 heterocycles. The maximum Gasteiger partial charge on any atom is 0.339 e. The van der Waals surface area contributed by atoms with Gasteiger partial charge >= 0.3 is 5.97 Å². The number of phenols is 1. The van der Waals surface area contributed by atoms with Gasteiger partial charge in [0.15, 0.2) is 0 Å². The molecule has 1 aromatic heterocycles. The van der Waals surface area contributed by atoms with Gasteiger partial charge in [0.25, 0.3) is 5.91 Å². The number of aromatic hydroxyl groups is 1. The Morgan fingerprint density at radius 1 is 1.36 bits per heavy atom. The van der Waals surface area contributed by atoms with Crippen molar-refractivity contribution in [1.29, 1.82) is 0 Å². The quantitative estimate of drug-likeness (QED) is 0.385.